The van der Waals surface area contributed by atoms with E-state index in [2.05, 4.69) is 9.97 Å². The molecule has 0 aliphatic rings. The number of rotatable bonds is 5. The number of esters is 1. The smallest absolute Gasteiger partial charge is 0.416 e. The van der Waals surface area contributed by atoms with Gasteiger partial charge in [-0.05, 0) is 29.8 Å². The second-order valence-electron chi connectivity index (χ2n) is 6.22. The van der Waals surface area contributed by atoms with Gasteiger partial charge in [0.25, 0.3) is 0 Å². The number of ether oxygens (including phenoxy) is 2. The number of benzene rings is 2. The third-order valence-corrected chi connectivity index (χ3v) is 5.15. The van der Waals surface area contributed by atoms with Gasteiger partial charge in [0.05, 0.1) is 23.3 Å². The van der Waals surface area contributed by atoms with Crippen LogP contribution in [-0.4, -0.2) is 23.0 Å². The highest BCUT2D eigenvalue weighted by molar-refractivity contribution is 6.42. The Bertz CT molecular complexity index is 1190. The third kappa shape index (κ3) is 5.06. The summed E-state index contributed by atoms with van der Waals surface area (Å²) >= 11 is 17.8. The Morgan fingerprint density at radius 2 is 1.81 bits per heavy atom. The minimum atomic E-state index is -4.55. The maximum Gasteiger partial charge on any atom is 0.416 e. The summed E-state index contributed by atoms with van der Waals surface area (Å²) in [6, 6.07) is 6.82. The molecule has 0 radical (unpaired) electrons. The molecule has 0 saturated heterocycles. The Morgan fingerprint density at radius 1 is 1.09 bits per heavy atom. The van der Waals surface area contributed by atoms with E-state index < -0.39 is 35.8 Å². The summed E-state index contributed by atoms with van der Waals surface area (Å²) in [7, 11) is 1.21. The maximum atomic E-state index is 14.7. The van der Waals surface area contributed by atoms with Gasteiger partial charge in [-0.2, -0.15) is 13.2 Å². The summed E-state index contributed by atoms with van der Waals surface area (Å²) in [5.41, 5.74) is -1.50. The van der Waals surface area contributed by atoms with E-state index in [-0.39, 0.29) is 37.9 Å². The second-order valence-corrected chi connectivity index (χ2v) is 7.36. The highest BCUT2D eigenvalue weighted by atomic mass is 35.5. The van der Waals surface area contributed by atoms with Crippen molar-refractivity contribution >= 4 is 40.8 Å². The molecule has 1 aromatic heterocycles. The summed E-state index contributed by atoms with van der Waals surface area (Å²) in [6.45, 7) is -0.501. The van der Waals surface area contributed by atoms with Gasteiger partial charge in [-0.25, -0.2) is 19.2 Å². The Morgan fingerprint density at radius 3 is 2.47 bits per heavy atom. The van der Waals surface area contributed by atoms with Crippen LogP contribution in [-0.2, 0) is 17.5 Å². The topological polar surface area (TPSA) is 61.3 Å². The van der Waals surface area contributed by atoms with Gasteiger partial charge < -0.3 is 9.47 Å². The zero-order valence-electron chi connectivity index (χ0n) is 15.9. The number of hydrogen-bond acceptors (Lipinski definition) is 5. The lowest BCUT2D eigenvalue weighted by molar-refractivity contribution is -0.137. The molecule has 0 aliphatic heterocycles. The number of carbonyl (C=O) groups is 1. The Hall–Kier alpha value is -2.62. The monoisotopic (exact) mass is 508 g/mol. The van der Waals surface area contributed by atoms with Crippen molar-refractivity contribution < 1.29 is 31.8 Å². The molecule has 0 unspecified atom stereocenters. The van der Waals surface area contributed by atoms with Gasteiger partial charge in [-0.3, -0.25) is 0 Å². The first-order valence-corrected chi connectivity index (χ1v) is 9.75. The van der Waals surface area contributed by atoms with Crippen LogP contribution >= 0.6 is 34.8 Å². The number of hydrogen-bond donors (Lipinski definition) is 0. The van der Waals surface area contributed by atoms with Gasteiger partial charge in [0.1, 0.15) is 11.6 Å². The minimum Gasteiger partial charge on any atom is -0.492 e. The highest BCUT2D eigenvalue weighted by Gasteiger charge is 2.30. The molecule has 3 rings (SSSR count). The average Bonchev–Trinajstić information content (AvgIpc) is 2.74. The first kappa shape index (κ1) is 24.0. The molecule has 0 bridgehead atoms. The zero-order valence-corrected chi connectivity index (χ0v) is 18.2. The van der Waals surface area contributed by atoms with Crippen LogP contribution in [0.2, 0.25) is 15.2 Å². The van der Waals surface area contributed by atoms with Crippen LogP contribution in [0, 0.1) is 5.82 Å². The van der Waals surface area contributed by atoms with E-state index in [0.717, 1.165) is 12.1 Å². The molecule has 3 aromatic rings. The first-order chi connectivity index (χ1) is 15.0. The first-order valence-electron chi connectivity index (χ1n) is 8.61. The highest BCUT2D eigenvalue weighted by Crippen LogP contribution is 2.35. The Kier molecular flexibility index (Phi) is 7.12. The zero-order chi connectivity index (χ0) is 23.6. The molecule has 0 fully saturated rings. The Balaban J connectivity index is 1.91. The number of carbonyl (C=O) groups excluding carboxylic acids is 1. The summed E-state index contributed by atoms with van der Waals surface area (Å²) in [5.74, 6) is -2.58. The van der Waals surface area contributed by atoms with Crippen LogP contribution < -0.4 is 4.74 Å². The fourth-order valence-corrected chi connectivity index (χ4v) is 3.18. The van der Waals surface area contributed by atoms with Crippen LogP contribution in [0.1, 0.15) is 21.6 Å². The van der Waals surface area contributed by atoms with E-state index in [4.69, 9.17) is 44.3 Å². The van der Waals surface area contributed by atoms with E-state index in [1.807, 2.05) is 0 Å². The normalized spacial score (nSPS) is 11.4. The lowest BCUT2D eigenvalue weighted by Gasteiger charge is -2.12. The van der Waals surface area contributed by atoms with E-state index in [9.17, 15) is 22.4 Å². The summed E-state index contributed by atoms with van der Waals surface area (Å²) < 4.78 is 63.2. The van der Waals surface area contributed by atoms with E-state index >= 15 is 0 Å². The number of alkyl halides is 3. The van der Waals surface area contributed by atoms with Gasteiger partial charge in [0, 0.05) is 0 Å². The molecular weight excluding hydrogens is 499 g/mol. The Labute approximate surface area is 193 Å². The van der Waals surface area contributed by atoms with E-state index in [0.29, 0.717) is 0 Å². The maximum absolute atomic E-state index is 14.7. The molecule has 5 nitrogen and oxygen atoms in total. The van der Waals surface area contributed by atoms with Crippen molar-refractivity contribution in [1.82, 2.24) is 9.97 Å². The van der Waals surface area contributed by atoms with Gasteiger partial charge in [0.2, 0.25) is 0 Å². The SMILES string of the molecule is COc1c(Cl)ccc(-c2nc(Cl)c(Cl)c(C(=O)OCc3cccc(C(F)(F)F)c3)n2)c1F. The second kappa shape index (κ2) is 9.48. The fourth-order valence-electron chi connectivity index (χ4n) is 2.62. The van der Waals surface area contributed by atoms with Crippen molar-refractivity contribution in [1.29, 1.82) is 0 Å². The van der Waals surface area contributed by atoms with E-state index in [1.54, 1.807) is 0 Å². The van der Waals surface area contributed by atoms with Crippen LogP contribution in [0.3, 0.4) is 0 Å². The summed E-state index contributed by atoms with van der Waals surface area (Å²) in [6.07, 6.45) is -4.55. The van der Waals surface area contributed by atoms with Crippen molar-refractivity contribution in [3.63, 3.8) is 0 Å². The lowest BCUT2D eigenvalue weighted by Crippen LogP contribution is -2.11. The molecule has 0 aliphatic carbocycles. The van der Waals surface area contributed by atoms with Crippen molar-refractivity contribution in [2.75, 3.05) is 7.11 Å². The summed E-state index contributed by atoms with van der Waals surface area (Å²) in [5, 5.41) is -0.740. The molecule has 168 valence electrons. The quantitative estimate of drug-likeness (QED) is 0.220. The predicted octanol–water partition coefficient (Wildman–Crippen LogP) is 6.63. The van der Waals surface area contributed by atoms with Gasteiger partial charge >= 0.3 is 12.1 Å². The van der Waals surface area contributed by atoms with Crippen molar-refractivity contribution in [2.45, 2.75) is 12.8 Å². The number of nitrogens with zero attached hydrogens (tertiary/aromatic N) is 2. The minimum absolute atomic E-state index is 0.00506. The van der Waals surface area contributed by atoms with Crippen LogP contribution in [0.15, 0.2) is 36.4 Å². The molecule has 0 atom stereocenters. The average molecular weight is 510 g/mol. The molecule has 0 amide bonds. The largest absolute Gasteiger partial charge is 0.492 e. The van der Waals surface area contributed by atoms with Gasteiger partial charge in [-0.1, -0.05) is 46.9 Å². The number of halogens is 7. The molecule has 0 spiro atoms. The number of methoxy groups -OCH3 is 1. The molecule has 0 saturated carbocycles. The van der Waals surface area contributed by atoms with Crippen molar-refractivity contribution in [3.05, 3.63) is 74.2 Å². The standard InChI is InChI=1S/C20H11Cl3F4N2O3/c1-31-16-12(21)6-5-11(14(16)24)18-28-15(13(22)17(23)29-18)19(30)32-8-9-3-2-4-10(7-9)20(25,26)27/h2-7H,8H2,1H3. The molecule has 12 heteroatoms. The van der Waals surface area contributed by atoms with E-state index in [1.165, 1.54) is 31.4 Å². The van der Waals surface area contributed by atoms with Gasteiger partial charge in [-0.15, -0.1) is 0 Å². The predicted molar refractivity (Wildman–Crippen MR) is 110 cm³/mol. The third-order valence-electron chi connectivity index (χ3n) is 4.12. The van der Waals surface area contributed by atoms with Crippen LogP contribution in [0.25, 0.3) is 11.4 Å². The molecule has 2 aromatic carbocycles. The summed E-state index contributed by atoms with van der Waals surface area (Å²) in [4.78, 5) is 20.3. The van der Waals surface area contributed by atoms with Gasteiger partial charge in [0.15, 0.2) is 28.2 Å². The van der Waals surface area contributed by atoms with Crippen LogP contribution in [0.5, 0.6) is 5.75 Å². The lowest BCUT2D eigenvalue weighted by atomic mass is 10.1. The molecule has 32 heavy (non-hydrogen) atoms. The molecule has 0 N–H and O–H groups in total. The van der Waals surface area contributed by atoms with Crippen LogP contribution in [0.4, 0.5) is 17.6 Å². The van der Waals surface area contributed by atoms with Crippen molar-refractivity contribution in [3.8, 4) is 17.1 Å². The van der Waals surface area contributed by atoms with Crippen molar-refractivity contribution in [2.24, 2.45) is 0 Å². The molecule has 1 heterocycles. The number of aromatic nitrogens is 2. The fraction of sp³-hybridized carbons (Fsp3) is 0.150. The molecular formula is C20H11Cl3F4N2O3.